The number of rotatable bonds is 5. The molecule has 0 N–H and O–H groups in total. The summed E-state index contributed by atoms with van der Waals surface area (Å²) in [6.45, 7) is 2.99. The number of hydrogen-bond donors (Lipinski definition) is 0. The van der Waals surface area contributed by atoms with E-state index in [1.807, 2.05) is 14.0 Å². The van der Waals surface area contributed by atoms with Gasteiger partial charge in [0.1, 0.15) is 0 Å². The summed E-state index contributed by atoms with van der Waals surface area (Å²) in [6, 6.07) is 0. The van der Waals surface area contributed by atoms with E-state index in [9.17, 15) is 13.2 Å². The number of aromatic nitrogens is 2. The van der Waals surface area contributed by atoms with Gasteiger partial charge < -0.3 is 0 Å². The van der Waals surface area contributed by atoms with Crippen LogP contribution in [0.2, 0.25) is 0 Å². The fourth-order valence-electron chi connectivity index (χ4n) is 2.90. The highest BCUT2D eigenvalue weighted by Gasteiger charge is 2.28. The van der Waals surface area contributed by atoms with Crippen LogP contribution in [-0.4, -0.2) is 47.6 Å². The standard InChI is InChI=1S/C14H23N3O3S/c1-4-13-12(10-16(2)15-13)14(18)8-11-6-5-7-17(9-11)21(3,19)20/h10-11H,4-9H2,1-3H3. The van der Waals surface area contributed by atoms with Gasteiger partial charge in [-0.2, -0.15) is 5.10 Å². The van der Waals surface area contributed by atoms with Crippen molar-refractivity contribution in [1.82, 2.24) is 14.1 Å². The van der Waals surface area contributed by atoms with Crippen LogP contribution in [-0.2, 0) is 23.5 Å². The van der Waals surface area contributed by atoms with Crippen LogP contribution in [0.25, 0.3) is 0 Å². The zero-order valence-corrected chi connectivity index (χ0v) is 13.7. The van der Waals surface area contributed by atoms with Crippen LogP contribution >= 0.6 is 0 Å². The lowest BCUT2D eigenvalue weighted by molar-refractivity contribution is 0.0941. The molecular weight excluding hydrogens is 290 g/mol. The average molecular weight is 313 g/mol. The summed E-state index contributed by atoms with van der Waals surface area (Å²) in [6.07, 6.45) is 5.83. The molecule has 0 spiro atoms. The van der Waals surface area contributed by atoms with Crippen molar-refractivity contribution >= 4 is 15.8 Å². The summed E-state index contributed by atoms with van der Waals surface area (Å²) < 4.78 is 26.4. The molecule has 0 radical (unpaired) electrons. The molecule has 118 valence electrons. The number of ketones is 1. The van der Waals surface area contributed by atoms with Crippen molar-refractivity contribution in [2.45, 2.75) is 32.6 Å². The first kappa shape index (κ1) is 16.2. The quantitative estimate of drug-likeness (QED) is 0.766. The number of nitrogens with zero attached hydrogens (tertiary/aromatic N) is 3. The summed E-state index contributed by atoms with van der Waals surface area (Å²) >= 11 is 0. The normalized spacial score (nSPS) is 20.6. The van der Waals surface area contributed by atoms with Crippen molar-refractivity contribution in [3.8, 4) is 0 Å². The van der Waals surface area contributed by atoms with E-state index >= 15 is 0 Å². The molecule has 0 amide bonds. The second-order valence-electron chi connectivity index (χ2n) is 5.77. The molecule has 1 fully saturated rings. The van der Waals surface area contributed by atoms with Gasteiger partial charge >= 0.3 is 0 Å². The third kappa shape index (κ3) is 3.91. The van der Waals surface area contributed by atoms with Crippen molar-refractivity contribution in [1.29, 1.82) is 0 Å². The second kappa shape index (κ2) is 6.27. The fourth-order valence-corrected chi connectivity index (χ4v) is 3.84. The van der Waals surface area contributed by atoms with Crippen LogP contribution in [0, 0.1) is 5.92 Å². The fraction of sp³-hybridized carbons (Fsp3) is 0.714. The van der Waals surface area contributed by atoms with Gasteiger partial charge in [0.05, 0.1) is 17.5 Å². The third-order valence-corrected chi connectivity index (χ3v) is 5.24. The molecule has 1 atom stereocenters. The van der Waals surface area contributed by atoms with Crippen molar-refractivity contribution in [2.24, 2.45) is 13.0 Å². The van der Waals surface area contributed by atoms with Crippen molar-refractivity contribution in [3.63, 3.8) is 0 Å². The van der Waals surface area contributed by atoms with Crippen LogP contribution in [0.3, 0.4) is 0 Å². The van der Waals surface area contributed by atoms with Gasteiger partial charge in [0.15, 0.2) is 5.78 Å². The lowest BCUT2D eigenvalue weighted by atomic mass is 9.92. The molecule has 1 aliphatic heterocycles. The Kier molecular flexibility index (Phi) is 4.83. The van der Waals surface area contributed by atoms with E-state index in [4.69, 9.17) is 0 Å². The molecule has 1 aromatic heterocycles. The minimum atomic E-state index is -3.16. The van der Waals surface area contributed by atoms with Crippen molar-refractivity contribution in [3.05, 3.63) is 17.5 Å². The Balaban J connectivity index is 2.05. The smallest absolute Gasteiger partial charge is 0.211 e. The molecule has 6 nitrogen and oxygen atoms in total. The minimum Gasteiger partial charge on any atom is -0.294 e. The Labute approximate surface area is 126 Å². The number of piperidine rings is 1. The number of carbonyl (C=O) groups is 1. The van der Waals surface area contributed by atoms with E-state index in [1.165, 1.54) is 10.6 Å². The van der Waals surface area contributed by atoms with Gasteiger partial charge in [0.25, 0.3) is 0 Å². The molecule has 1 saturated heterocycles. The van der Waals surface area contributed by atoms with Gasteiger partial charge in [-0.15, -0.1) is 0 Å². The number of sulfonamides is 1. The molecule has 7 heteroatoms. The molecule has 1 aliphatic rings. The average Bonchev–Trinajstić information content (AvgIpc) is 2.79. The molecular formula is C14H23N3O3S. The predicted molar refractivity (Wildman–Crippen MR) is 80.7 cm³/mol. The van der Waals surface area contributed by atoms with E-state index in [2.05, 4.69) is 5.10 Å². The van der Waals surface area contributed by atoms with E-state index in [-0.39, 0.29) is 11.7 Å². The summed E-state index contributed by atoms with van der Waals surface area (Å²) in [4.78, 5) is 12.4. The lowest BCUT2D eigenvalue weighted by Crippen LogP contribution is -2.39. The number of Topliss-reactive ketones (excluding diaryl/α,β-unsaturated/α-hetero) is 1. The summed E-state index contributed by atoms with van der Waals surface area (Å²) in [5, 5.41) is 4.29. The summed E-state index contributed by atoms with van der Waals surface area (Å²) in [5.74, 6) is 0.172. The molecule has 0 aromatic carbocycles. The Hall–Kier alpha value is -1.21. The molecule has 1 unspecified atom stereocenters. The highest BCUT2D eigenvalue weighted by atomic mass is 32.2. The van der Waals surface area contributed by atoms with Crippen molar-refractivity contribution < 1.29 is 13.2 Å². The Bertz CT molecular complexity index is 621. The first-order valence-corrected chi connectivity index (χ1v) is 9.17. The number of carbonyl (C=O) groups excluding carboxylic acids is 1. The molecule has 1 aromatic rings. The molecule has 2 rings (SSSR count). The SMILES string of the molecule is CCc1nn(C)cc1C(=O)CC1CCCN(S(C)(=O)=O)C1. The maximum absolute atomic E-state index is 12.4. The minimum absolute atomic E-state index is 0.0697. The first-order valence-electron chi connectivity index (χ1n) is 7.32. The van der Waals surface area contributed by atoms with E-state index in [0.717, 1.165) is 25.0 Å². The summed E-state index contributed by atoms with van der Waals surface area (Å²) in [7, 11) is -1.35. The van der Waals surface area contributed by atoms with Crippen LogP contribution in [0.5, 0.6) is 0 Å². The Morgan fingerprint density at radius 2 is 2.19 bits per heavy atom. The van der Waals surface area contributed by atoms with Gasteiger partial charge in [0, 0.05) is 32.8 Å². The van der Waals surface area contributed by atoms with E-state index in [1.54, 1.807) is 10.9 Å². The van der Waals surface area contributed by atoms with Gasteiger partial charge in [-0.3, -0.25) is 9.48 Å². The lowest BCUT2D eigenvalue weighted by Gasteiger charge is -2.30. The van der Waals surface area contributed by atoms with E-state index in [0.29, 0.717) is 25.1 Å². The van der Waals surface area contributed by atoms with Crippen LogP contribution in [0.1, 0.15) is 42.2 Å². The van der Waals surface area contributed by atoms with Gasteiger partial charge in [-0.05, 0) is 25.2 Å². The summed E-state index contributed by atoms with van der Waals surface area (Å²) in [5.41, 5.74) is 1.50. The first-order chi connectivity index (χ1) is 9.81. The topological polar surface area (TPSA) is 72.3 Å². The number of hydrogen-bond acceptors (Lipinski definition) is 4. The maximum atomic E-state index is 12.4. The second-order valence-corrected chi connectivity index (χ2v) is 7.76. The molecule has 0 aliphatic carbocycles. The Morgan fingerprint density at radius 3 is 2.81 bits per heavy atom. The van der Waals surface area contributed by atoms with Crippen LogP contribution < -0.4 is 0 Å². The predicted octanol–water partition coefficient (Wildman–Crippen LogP) is 1.23. The number of aryl methyl sites for hydroxylation is 2. The zero-order chi connectivity index (χ0) is 15.6. The highest BCUT2D eigenvalue weighted by molar-refractivity contribution is 7.88. The molecule has 21 heavy (non-hydrogen) atoms. The van der Waals surface area contributed by atoms with Crippen LogP contribution in [0.15, 0.2) is 6.20 Å². The molecule has 2 heterocycles. The molecule has 0 bridgehead atoms. The van der Waals surface area contributed by atoms with Gasteiger partial charge in [-0.25, -0.2) is 12.7 Å². The largest absolute Gasteiger partial charge is 0.294 e. The van der Waals surface area contributed by atoms with Gasteiger partial charge in [0.2, 0.25) is 10.0 Å². The highest BCUT2D eigenvalue weighted by Crippen LogP contribution is 2.24. The monoisotopic (exact) mass is 313 g/mol. The van der Waals surface area contributed by atoms with Gasteiger partial charge in [-0.1, -0.05) is 6.92 Å². The Morgan fingerprint density at radius 1 is 1.48 bits per heavy atom. The van der Waals surface area contributed by atoms with Crippen molar-refractivity contribution in [2.75, 3.05) is 19.3 Å². The van der Waals surface area contributed by atoms with E-state index < -0.39 is 10.0 Å². The molecule has 0 saturated carbocycles. The van der Waals surface area contributed by atoms with Crippen LogP contribution in [0.4, 0.5) is 0 Å². The maximum Gasteiger partial charge on any atom is 0.211 e. The zero-order valence-electron chi connectivity index (χ0n) is 12.9. The third-order valence-electron chi connectivity index (χ3n) is 3.97.